The van der Waals surface area contributed by atoms with Crippen LogP contribution in [0.3, 0.4) is 0 Å². The lowest BCUT2D eigenvalue weighted by atomic mass is 10.0. The van der Waals surface area contributed by atoms with Crippen LogP contribution in [-0.2, 0) is 5.75 Å². The molecule has 0 unspecified atom stereocenters. The summed E-state index contributed by atoms with van der Waals surface area (Å²) in [7, 11) is 0. The smallest absolute Gasteiger partial charge is 0.324 e. The molecular weight excluding hydrogens is 404 g/mol. The third kappa shape index (κ3) is 6.72. The number of rotatable bonds is 9. The van der Waals surface area contributed by atoms with Gasteiger partial charge in [0.05, 0.1) is 0 Å². The Morgan fingerprint density at radius 1 is 0.839 bits per heavy atom. The van der Waals surface area contributed by atoms with E-state index in [1.54, 1.807) is 23.9 Å². The monoisotopic (exact) mass is 432 g/mol. The molecule has 0 saturated carbocycles. The van der Waals surface area contributed by atoms with Crippen molar-refractivity contribution in [1.29, 1.82) is 0 Å². The zero-order chi connectivity index (χ0) is 21.9. The van der Waals surface area contributed by atoms with Crippen molar-refractivity contribution >= 4 is 23.7 Å². The van der Waals surface area contributed by atoms with Crippen LogP contribution in [-0.4, -0.2) is 35.7 Å². The third-order valence-electron chi connectivity index (χ3n) is 4.81. The number of carbonyl (C=O) groups is 2. The molecule has 31 heavy (non-hydrogen) atoms. The number of carbonyl (C=O) groups excluding carboxylic acids is 2. The highest BCUT2D eigenvalue weighted by Crippen LogP contribution is 2.20. The van der Waals surface area contributed by atoms with Gasteiger partial charge in [0.25, 0.3) is 5.91 Å². The largest absolute Gasteiger partial charge is 0.337 e. The van der Waals surface area contributed by atoms with Crippen molar-refractivity contribution in [3.63, 3.8) is 0 Å². The molecule has 3 rings (SSSR count). The second-order valence-electron chi connectivity index (χ2n) is 7.17. The van der Waals surface area contributed by atoms with E-state index in [0.29, 0.717) is 25.1 Å². The van der Waals surface area contributed by atoms with Crippen LogP contribution in [0.2, 0.25) is 0 Å². The number of imide groups is 1. The second kappa shape index (κ2) is 12.0. The van der Waals surface area contributed by atoms with Gasteiger partial charge in [0.2, 0.25) is 0 Å². The Hall–Kier alpha value is -3.05. The highest BCUT2D eigenvalue weighted by molar-refractivity contribution is 7.98. The number of urea groups is 1. The third-order valence-corrected chi connectivity index (χ3v) is 5.84. The number of thioether (sulfide) groups is 1. The van der Waals surface area contributed by atoms with E-state index < -0.39 is 0 Å². The summed E-state index contributed by atoms with van der Waals surface area (Å²) in [5.74, 6) is 1.43. The summed E-state index contributed by atoms with van der Waals surface area (Å²) >= 11 is 1.76. The fraction of sp³-hybridized carbons (Fsp3) is 0.231. The minimum Gasteiger partial charge on any atom is -0.337 e. The van der Waals surface area contributed by atoms with E-state index >= 15 is 0 Å². The number of hydrogen-bond donors (Lipinski definition) is 1. The van der Waals surface area contributed by atoms with Gasteiger partial charge in [0.1, 0.15) is 0 Å². The first-order chi connectivity index (χ1) is 15.2. The number of amides is 3. The lowest BCUT2D eigenvalue weighted by Crippen LogP contribution is -2.44. The number of benzene rings is 3. The average Bonchev–Trinajstić information content (AvgIpc) is 2.83. The fourth-order valence-electron chi connectivity index (χ4n) is 3.20. The summed E-state index contributed by atoms with van der Waals surface area (Å²) in [6.07, 6.45) is 0.712. The van der Waals surface area contributed by atoms with Gasteiger partial charge in [0.15, 0.2) is 0 Å². The van der Waals surface area contributed by atoms with E-state index in [9.17, 15) is 9.59 Å². The topological polar surface area (TPSA) is 49.4 Å². The summed E-state index contributed by atoms with van der Waals surface area (Å²) in [5.41, 5.74) is 3.92. The van der Waals surface area contributed by atoms with E-state index in [4.69, 9.17) is 0 Å². The van der Waals surface area contributed by atoms with E-state index in [2.05, 4.69) is 17.4 Å². The van der Waals surface area contributed by atoms with Crippen molar-refractivity contribution < 1.29 is 9.59 Å². The van der Waals surface area contributed by atoms with Crippen LogP contribution >= 0.6 is 11.8 Å². The predicted molar refractivity (Wildman–Crippen MR) is 129 cm³/mol. The summed E-state index contributed by atoms with van der Waals surface area (Å²) in [4.78, 5) is 26.9. The van der Waals surface area contributed by atoms with E-state index in [-0.39, 0.29) is 11.9 Å². The van der Waals surface area contributed by atoms with Crippen LogP contribution in [0.4, 0.5) is 4.79 Å². The molecule has 0 aliphatic carbocycles. The van der Waals surface area contributed by atoms with Crippen LogP contribution in [0.15, 0.2) is 84.9 Å². The van der Waals surface area contributed by atoms with E-state index in [1.807, 2.05) is 67.6 Å². The Morgan fingerprint density at radius 2 is 1.45 bits per heavy atom. The van der Waals surface area contributed by atoms with Crippen molar-refractivity contribution in [1.82, 2.24) is 10.2 Å². The van der Waals surface area contributed by atoms with Crippen LogP contribution in [0.5, 0.6) is 0 Å². The fourth-order valence-corrected chi connectivity index (χ4v) is 4.02. The summed E-state index contributed by atoms with van der Waals surface area (Å²) in [5, 5.41) is 2.89. The molecule has 0 saturated heterocycles. The van der Waals surface area contributed by atoms with Gasteiger partial charge < -0.3 is 5.32 Å². The maximum atomic E-state index is 13.0. The quantitative estimate of drug-likeness (QED) is 0.432. The van der Waals surface area contributed by atoms with Crippen LogP contribution in [0, 0.1) is 0 Å². The molecule has 0 aliphatic rings. The first-order valence-corrected chi connectivity index (χ1v) is 11.7. The lowest BCUT2D eigenvalue weighted by molar-refractivity contribution is 0.0801. The van der Waals surface area contributed by atoms with Gasteiger partial charge in [-0.25, -0.2) is 4.79 Å². The first-order valence-electron chi connectivity index (χ1n) is 10.6. The first kappa shape index (κ1) is 22.6. The summed E-state index contributed by atoms with van der Waals surface area (Å²) in [6, 6.07) is 27.3. The molecule has 0 bridgehead atoms. The number of nitrogens with one attached hydrogen (secondary N) is 1. The maximum Gasteiger partial charge on any atom is 0.324 e. The molecule has 0 radical (unpaired) electrons. The van der Waals surface area contributed by atoms with Crippen LogP contribution < -0.4 is 5.32 Å². The van der Waals surface area contributed by atoms with Crippen molar-refractivity contribution in [3.8, 4) is 11.1 Å². The van der Waals surface area contributed by atoms with Crippen LogP contribution in [0.25, 0.3) is 11.1 Å². The Kier molecular flexibility index (Phi) is 8.73. The van der Waals surface area contributed by atoms with Crippen molar-refractivity contribution in [2.24, 2.45) is 0 Å². The zero-order valence-electron chi connectivity index (χ0n) is 17.8. The molecule has 3 aromatic rings. The molecule has 4 nitrogen and oxygen atoms in total. The van der Waals surface area contributed by atoms with Gasteiger partial charge in [-0.2, -0.15) is 11.8 Å². The molecular formula is C26H28N2O2S. The van der Waals surface area contributed by atoms with Gasteiger partial charge in [0, 0.05) is 30.2 Å². The minimum absolute atomic E-state index is 0.268. The SMILES string of the molecule is CCCN(C(=O)NCCSCc1ccccc1)C(=O)c1ccc(-c2ccccc2)cc1. The van der Waals surface area contributed by atoms with E-state index in [1.165, 1.54) is 10.5 Å². The van der Waals surface area contributed by atoms with Crippen molar-refractivity contribution in [3.05, 3.63) is 96.1 Å². The Balaban J connectivity index is 1.53. The molecule has 0 aliphatic heterocycles. The minimum atomic E-state index is -0.334. The molecule has 5 heteroatoms. The second-order valence-corrected chi connectivity index (χ2v) is 8.28. The highest BCUT2D eigenvalue weighted by Gasteiger charge is 2.21. The normalized spacial score (nSPS) is 10.5. The molecule has 0 fully saturated rings. The predicted octanol–water partition coefficient (Wildman–Crippen LogP) is 5.85. The van der Waals surface area contributed by atoms with Gasteiger partial charge in [-0.1, -0.05) is 79.7 Å². The molecule has 0 heterocycles. The molecule has 3 aromatic carbocycles. The van der Waals surface area contributed by atoms with Gasteiger partial charge in [-0.15, -0.1) is 0 Å². The highest BCUT2D eigenvalue weighted by atomic mass is 32.2. The van der Waals surface area contributed by atoms with E-state index in [0.717, 1.165) is 22.6 Å². The Morgan fingerprint density at radius 3 is 2.10 bits per heavy atom. The molecule has 0 aromatic heterocycles. The molecule has 0 atom stereocenters. The molecule has 160 valence electrons. The standard InChI is InChI=1S/C26H28N2O2S/c1-2-18-28(26(30)27-17-19-31-20-21-9-5-3-6-10-21)25(29)24-15-13-23(14-16-24)22-11-7-4-8-12-22/h3-16H,2,17-20H2,1H3,(H,27,30). The van der Waals surface area contributed by atoms with Crippen molar-refractivity contribution in [2.45, 2.75) is 19.1 Å². The Bertz CT molecular complexity index is 960. The average molecular weight is 433 g/mol. The molecule has 0 spiro atoms. The summed E-state index contributed by atoms with van der Waals surface area (Å²) in [6.45, 7) is 2.88. The Labute approximate surface area is 188 Å². The molecule has 3 amide bonds. The number of hydrogen-bond acceptors (Lipinski definition) is 3. The number of nitrogens with zero attached hydrogens (tertiary/aromatic N) is 1. The zero-order valence-corrected chi connectivity index (χ0v) is 18.6. The van der Waals surface area contributed by atoms with Crippen molar-refractivity contribution in [2.75, 3.05) is 18.8 Å². The lowest BCUT2D eigenvalue weighted by Gasteiger charge is -2.21. The van der Waals surface area contributed by atoms with Gasteiger partial charge in [-0.3, -0.25) is 9.69 Å². The van der Waals surface area contributed by atoms with Crippen LogP contribution in [0.1, 0.15) is 29.3 Å². The van der Waals surface area contributed by atoms with Gasteiger partial charge >= 0.3 is 6.03 Å². The summed E-state index contributed by atoms with van der Waals surface area (Å²) < 4.78 is 0. The maximum absolute atomic E-state index is 13.0. The van der Waals surface area contributed by atoms with Gasteiger partial charge in [-0.05, 0) is 35.2 Å². The molecule has 1 N–H and O–H groups in total.